The molecule has 0 radical (unpaired) electrons. The average Bonchev–Trinajstić information content (AvgIpc) is 2.68. The van der Waals surface area contributed by atoms with Crippen molar-refractivity contribution < 1.29 is 4.79 Å². The van der Waals surface area contributed by atoms with Crippen LogP contribution in [0.1, 0.15) is 46.5 Å². The van der Waals surface area contributed by atoms with Crippen LogP contribution in [0.4, 0.5) is 0 Å². The van der Waals surface area contributed by atoms with Crippen LogP contribution in [0.5, 0.6) is 0 Å². The van der Waals surface area contributed by atoms with E-state index in [1.807, 2.05) is 0 Å². The molecule has 1 amide bonds. The van der Waals surface area contributed by atoms with Gasteiger partial charge >= 0.3 is 0 Å². The second-order valence-corrected chi connectivity index (χ2v) is 5.52. The third-order valence-electron chi connectivity index (χ3n) is 5.17. The molecule has 3 unspecified atom stereocenters. The lowest BCUT2D eigenvalue weighted by Gasteiger charge is -2.49. The fraction of sp³-hybridized carbons (Fsp3) is 0.917. The molecule has 2 saturated carbocycles. The van der Waals surface area contributed by atoms with Crippen LogP contribution in [-0.4, -0.2) is 11.9 Å². The zero-order valence-corrected chi connectivity index (χ0v) is 9.47. The molecule has 2 nitrogen and oxygen atoms in total. The second kappa shape index (κ2) is 2.98. The van der Waals surface area contributed by atoms with Gasteiger partial charge in [0.05, 0.1) is 0 Å². The van der Waals surface area contributed by atoms with Gasteiger partial charge in [0.15, 0.2) is 0 Å². The van der Waals surface area contributed by atoms with Crippen LogP contribution in [0.25, 0.3) is 0 Å². The summed E-state index contributed by atoms with van der Waals surface area (Å²) in [5.41, 5.74) is 0.364. The van der Waals surface area contributed by atoms with E-state index in [0.717, 1.165) is 24.7 Å². The minimum Gasteiger partial charge on any atom is -0.352 e. The van der Waals surface area contributed by atoms with Crippen LogP contribution in [0.15, 0.2) is 0 Å². The maximum Gasteiger partial charge on any atom is 0.207 e. The SMILES string of the molecule is CCC1(NC=O)C2CCC(C2)C1(C)C. The summed E-state index contributed by atoms with van der Waals surface area (Å²) in [4.78, 5) is 10.8. The molecule has 2 aliphatic carbocycles. The normalized spacial score (nSPS) is 43.9. The molecule has 0 saturated heterocycles. The lowest BCUT2D eigenvalue weighted by atomic mass is 9.62. The molecule has 2 bridgehead atoms. The van der Waals surface area contributed by atoms with Gasteiger partial charge in [-0.3, -0.25) is 4.79 Å². The van der Waals surface area contributed by atoms with Gasteiger partial charge in [-0.15, -0.1) is 0 Å². The van der Waals surface area contributed by atoms with Crippen molar-refractivity contribution in [3.63, 3.8) is 0 Å². The molecule has 1 N–H and O–H groups in total. The van der Waals surface area contributed by atoms with Crippen LogP contribution in [0.3, 0.4) is 0 Å². The minimum absolute atomic E-state index is 0.0810. The minimum atomic E-state index is 0.0810. The predicted molar refractivity (Wildman–Crippen MR) is 56.8 cm³/mol. The molecule has 0 heterocycles. The van der Waals surface area contributed by atoms with Gasteiger partial charge in [-0.05, 0) is 42.9 Å². The molecule has 0 aliphatic heterocycles. The van der Waals surface area contributed by atoms with Crippen molar-refractivity contribution in [3.05, 3.63) is 0 Å². The predicted octanol–water partition coefficient (Wildman–Crippen LogP) is 2.34. The maximum absolute atomic E-state index is 10.8. The molecule has 3 atom stereocenters. The smallest absolute Gasteiger partial charge is 0.207 e. The van der Waals surface area contributed by atoms with Crippen molar-refractivity contribution in [1.29, 1.82) is 0 Å². The van der Waals surface area contributed by atoms with Gasteiger partial charge in [0.25, 0.3) is 0 Å². The monoisotopic (exact) mass is 195 g/mol. The highest BCUT2D eigenvalue weighted by Crippen LogP contribution is 2.62. The number of carbonyl (C=O) groups excluding carboxylic acids is 1. The summed E-state index contributed by atoms with van der Waals surface area (Å²) in [6, 6.07) is 0. The van der Waals surface area contributed by atoms with E-state index in [-0.39, 0.29) is 11.0 Å². The highest BCUT2D eigenvalue weighted by molar-refractivity contribution is 5.49. The molecular weight excluding hydrogens is 174 g/mol. The number of carbonyl (C=O) groups is 1. The van der Waals surface area contributed by atoms with Crippen molar-refractivity contribution in [2.24, 2.45) is 17.3 Å². The lowest BCUT2D eigenvalue weighted by Crippen LogP contribution is -2.58. The number of hydrogen-bond donors (Lipinski definition) is 1. The molecule has 0 aromatic carbocycles. The summed E-state index contributed by atoms with van der Waals surface area (Å²) in [5, 5.41) is 3.15. The quantitative estimate of drug-likeness (QED) is 0.688. The molecule has 2 fully saturated rings. The Morgan fingerprint density at radius 3 is 2.43 bits per heavy atom. The Hall–Kier alpha value is -0.530. The van der Waals surface area contributed by atoms with Crippen molar-refractivity contribution in [2.75, 3.05) is 0 Å². The first-order valence-corrected chi connectivity index (χ1v) is 5.80. The van der Waals surface area contributed by atoms with Crippen LogP contribution < -0.4 is 5.32 Å². The standard InChI is InChI=1S/C12H21NO/c1-4-12(13-8-14)10-6-5-9(7-10)11(12,2)3/h8-10H,4-7H2,1-3H3,(H,13,14). The molecule has 0 aromatic rings. The summed E-state index contributed by atoms with van der Waals surface area (Å²) in [6.45, 7) is 6.87. The molecule has 14 heavy (non-hydrogen) atoms. The van der Waals surface area contributed by atoms with Gasteiger partial charge < -0.3 is 5.32 Å². The molecule has 2 rings (SSSR count). The van der Waals surface area contributed by atoms with Crippen LogP contribution >= 0.6 is 0 Å². The van der Waals surface area contributed by atoms with E-state index >= 15 is 0 Å². The summed E-state index contributed by atoms with van der Waals surface area (Å²) >= 11 is 0. The van der Waals surface area contributed by atoms with E-state index < -0.39 is 0 Å². The second-order valence-electron chi connectivity index (χ2n) is 5.52. The van der Waals surface area contributed by atoms with Crippen molar-refractivity contribution in [2.45, 2.75) is 52.0 Å². The zero-order valence-electron chi connectivity index (χ0n) is 9.47. The van der Waals surface area contributed by atoms with E-state index in [9.17, 15) is 4.79 Å². The summed E-state index contributed by atoms with van der Waals surface area (Å²) < 4.78 is 0. The molecule has 0 spiro atoms. The largest absolute Gasteiger partial charge is 0.352 e. The van der Waals surface area contributed by atoms with E-state index in [1.165, 1.54) is 19.3 Å². The Kier molecular flexibility index (Phi) is 2.13. The van der Waals surface area contributed by atoms with Gasteiger partial charge in [-0.1, -0.05) is 20.8 Å². The highest BCUT2D eigenvalue weighted by atomic mass is 16.1. The zero-order chi connectivity index (χ0) is 10.4. The van der Waals surface area contributed by atoms with Crippen LogP contribution in [-0.2, 0) is 4.79 Å². The van der Waals surface area contributed by atoms with Crippen LogP contribution in [0.2, 0.25) is 0 Å². The average molecular weight is 195 g/mol. The highest BCUT2D eigenvalue weighted by Gasteiger charge is 2.61. The van der Waals surface area contributed by atoms with Gasteiger partial charge in [-0.25, -0.2) is 0 Å². The lowest BCUT2D eigenvalue weighted by molar-refractivity contribution is -0.114. The third kappa shape index (κ3) is 0.945. The third-order valence-corrected chi connectivity index (χ3v) is 5.17. The van der Waals surface area contributed by atoms with E-state index in [0.29, 0.717) is 0 Å². The first-order valence-electron chi connectivity index (χ1n) is 5.80. The number of rotatable bonds is 3. The van der Waals surface area contributed by atoms with E-state index in [1.54, 1.807) is 0 Å². The van der Waals surface area contributed by atoms with Gasteiger partial charge in [-0.2, -0.15) is 0 Å². The van der Waals surface area contributed by atoms with Crippen molar-refractivity contribution in [1.82, 2.24) is 5.32 Å². The van der Waals surface area contributed by atoms with Crippen LogP contribution in [0, 0.1) is 17.3 Å². The molecule has 2 aliphatic rings. The first kappa shape index (κ1) is 10.0. The number of fused-ring (bicyclic) bond motifs is 2. The molecular formula is C12H21NO. The number of amides is 1. The Bertz CT molecular complexity index is 249. The Morgan fingerprint density at radius 1 is 1.36 bits per heavy atom. The fourth-order valence-electron chi connectivity index (χ4n) is 4.23. The fourth-order valence-corrected chi connectivity index (χ4v) is 4.23. The first-order chi connectivity index (χ1) is 6.58. The molecule has 2 heteroatoms. The summed E-state index contributed by atoms with van der Waals surface area (Å²) in [7, 11) is 0. The topological polar surface area (TPSA) is 29.1 Å². The summed E-state index contributed by atoms with van der Waals surface area (Å²) in [6.07, 6.45) is 5.97. The van der Waals surface area contributed by atoms with Crippen molar-refractivity contribution in [3.8, 4) is 0 Å². The summed E-state index contributed by atoms with van der Waals surface area (Å²) in [5.74, 6) is 1.54. The molecule has 80 valence electrons. The maximum atomic E-state index is 10.8. The van der Waals surface area contributed by atoms with E-state index in [4.69, 9.17) is 0 Å². The van der Waals surface area contributed by atoms with E-state index in [2.05, 4.69) is 26.1 Å². The number of hydrogen-bond acceptors (Lipinski definition) is 1. The Balaban J connectivity index is 2.35. The number of nitrogens with one attached hydrogen (secondary N) is 1. The van der Waals surface area contributed by atoms with Gasteiger partial charge in [0, 0.05) is 5.54 Å². The molecule has 0 aromatic heterocycles. The van der Waals surface area contributed by atoms with Gasteiger partial charge in [0.1, 0.15) is 0 Å². The Labute approximate surface area is 86.5 Å². The van der Waals surface area contributed by atoms with Crippen molar-refractivity contribution >= 4 is 6.41 Å². The Morgan fingerprint density at radius 2 is 2.00 bits per heavy atom. The van der Waals surface area contributed by atoms with Gasteiger partial charge in [0.2, 0.25) is 6.41 Å².